The van der Waals surface area contributed by atoms with E-state index in [0.29, 0.717) is 5.92 Å². The van der Waals surface area contributed by atoms with Gasteiger partial charge in [0.2, 0.25) is 0 Å². The summed E-state index contributed by atoms with van der Waals surface area (Å²) in [5.41, 5.74) is 0. The third kappa shape index (κ3) is 3.67. The Kier molecular flexibility index (Phi) is 4.61. The standard InChI is InChI=1S/C14H28O2Si/c1-7-8-11-9-12(10-13(11)15)16-17(5,6)14(2,3)4/h7,11-13,15H,1,8-10H2,2-6H3/t11-,12?,13-/m1/s1. The molecule has 0 heterocycles. The van der Waals surface area contributed by atoms with Crippen LogP contribution in [0.25, 0.3) is 0 Å². The lowest BCUT2D eigenvalue weighted by Gasteiger charge is -2.38. The quantitative estimate of drug-likeness (QED) is 0.613. The molecule has 0 aromatic rings. The molecule has 0 saturated heterocycles. The number of rotatable bonds is 4. The molecular formula is C14H28O2Si. The molecule has 0 spiro atoms. The SMILES string of the molecule is C=CC[C@@H]1CC(O[Si](C)(C)C(C)(C)C)C[C@H]1O. The van der Waals surface area contributed by atoms with Crippen molar-refractivity contribution in [1.82, 2.24) is 0 Å². The van der Waals surface area contributed by atoms with E-state index in [-0.39, 0.29) is 17.2 Å². The molecule has 1 saturated carbocycles. The van der Waals surface area contributed by atoms with Crippen molar-refractivity contribution in [1.29, 1.82) is 0 Å². The zero-order chi connectivity index (χ0) is 13.3. The molecule has 1 aliphatic carbocycles. The molecule has 17 heavy (non-hydrogen) atoms. The fourth-order valence-electron chi connectivity index (χ4n) is 2.21. The summed E-state index contributed by atoms with van der Waals surface area (Å²) in [7, 11) is -1.69. The van der Waals surface area contributed by atoms with Gasteiger partial charge in [0.05, 0.1) is 6.10 Å². The molecule has 100 valence electrons. The first-order valence-electron chi connectivity index (χ1n) is 6.64. The van der Waals surface area contributed by atoms with Gasteiger partial charge in [-0.3, -0.25) is 0 Å². The Morgan fingerprint density at radius 3 is 2.41 bits per heavy atom. The molecule has 0 aliphatic heterocycles. The summed E-state index contributed by atoms with van der Waals surface area (Å²) < 4.78 is 6.35. The molecule has 0 aromatic carbocycles. The van der Waals surface area contributed by atoms with E-state index in [9.17, 15) is 5.11 Å². The maximum atomic E-state index is 9.98. The van der Waals surface area contributed by atoms with Crippen molar-refractivity contribution in [2.75, 3.05) is 0 Å². The van der Waals surface area contributed by atoms with Gasteiger partial charge in [-0.05, 0) is 43.3 Å². The number of aliphatic hydroxyl groups is 1. The number of aliphatic hydroxyl groups excluding tert-OH is 1. The van der Waals surface area contributed by atoms with Crippen molar-refractivity contribution < 1.29 is 9.53 Å². The van der Waals surface area contributed by atoms with Gasteiger partial charge < -0.3 is 9.53 Å². The number of hydrogen-bond acceptors (Lipinski definition) is 2. The van der Waals surface area contributed by atoms with Crippen LogP contribution in [0.1, 0.15) is 40.0 Å². The smallest absolute Gasteiger partial charge is 0.192 e. The Balaban J connectivity index is 2.58. The van der Waals surface area contributed by atoms with E-state index in [1.165, 1.54) is 0 Å². The highest BCUT2D eigenvalue weighted by atomic mass is 28.4. The van der Waals surface area contributed by atoms with Crippen LogP contribution in [0.4, 0.5) is 0 Å². The van der Waals surface area contributed by atoms with Crippen molar-refractivity contribution in [2.45, 2.75) is 70.4 Å². The number of hydrogen-bond donors (Lipinski definition) is 1. The van der Waals surface area contributed by atoms with E-state index in [1.54, 1.807) is 0 Å². The van der Waals surface area contributed by atoms with Crippen LogP contribution in [-0.4, -0.2) is 25.6 Å². The van der Waals surface area contributed by atoms with Crippen LogP contribution in [0.15, 0.2) is 12.7 Å². The van der Waals surface area contributed by atoms with Crippen LogP contribution < -0.4 is 0 Å². The normalized spacial score (nSPS) is 30.6. The minimum atomic E-state index is -1.69. The molecule has 0 radical (unpaired) electrons. The van der Waals surface area contributed by atoms with E-state index in [4.69, 9.17) is 4.43 Å². The second-order valence-corrected chi connectivity index (χ2v) is 11.6. The van der Waals surface area contributed by atoms with Gasteiger partial charge in [-0.15, -0.1) is 6.58 Å². The Morgan fingerprint density at radius 1 is 1.35 bits per heavy atom. The highest BCUT2D eigenvalue weighted by Gasteiger charge is 2.42. The molecule has 3 heteroatoms. The van der Waals surface area contributed by atoms with Gasteiger partial charge in [0.15, 0.2) is 8.32 Å². The second-order valence-electron chi connectivity index (χ2n) is 6.82. The highest BCUT2D eigenvalue weighted by Crippen LogP contribution is 2.40. The van der Waals surface area contributed by atoms with Crippen LogP contribution in [0, 0.1) is 5.92 Å². The molecule has 1 N–H and O–H groups in total. The van der Waals surface area contributed by atoms with Crippen molar-refractivity contribution in [3.05, 3.63) is 12.7 Å². The monoisotopic (exact) mass is 256 g/mol. The summed E-state index contributed by atoms with van der Waals surface area (Å²) in [6.07, 6.45) is 4.63. The molecule has 1 fully saturated rings. The van der Waals surface area contributed by atoms with Gasteiger partial charge >= 0.3 is 0 Å². The van der Waals surface area contributed by atoms with Crippen LogP contribution >= 0.6 is 0 Å². The Labute approximate surface area is 107 Å². The molecular weight excluding hydrogens is 228 g/mol. The van der Waals surface area contributed by atoms with E-state index in [2.05, 4.69) is 40.4 Å². The fourth-order valence-corrected chi connectivity index (χ4v) is 3.59. The lowest BCUT2D eigenvalue weighted by Crippen LogP contribution is -2.43. The average Bonchev–Trinajstić information content (AvgIpc) is 2.44. The Bertz CT molecular complexity index is 268. The van der Waals surface area contributed by atoms with Crippen LogP contribution in [-0.2, 0) is 4.43 Å². The molecule has 1 rings (SSSR count). The van der Waals surface area contributed by atoms with Crippen LogP contribution in [0.2, 0.25) is 18.1 Å². The molecule has 0 amide bonds. The van der Waals surface area contributed by atoms with E-state index in [0.717, 1.165) is 19.3 Å². The summed E-state index contributed by atoms with van der Waals surface area (Å²) >= 11 is 0. The third-order valence-corrected chi connectivity index (χ3v) is 8.89. The summed E-state index contributed by atoms with van der Waals surface area (Å²) in [5, 5.41) is 10.2. The van der Waals surface area contributed by atoms with Crippen molar-refractivity contribution >= 4 is 8.32 Å². The molecule has 0 aromatic heterocycles. The summed E-state index contributed by atoms with van der Waals surface area (Å²) in [5.74, 6) is 0.349. The molecule has 1 aliphatic rings. The van der Waals surface area contributed by atoms with Crippen LogP contribution in [0.3, 0.4) is 0 Å². The maximum Gasteiger partial charge on any atom is 0.192 e. The molecule has 0 bridgehead atoms. The predicted molar refractivity (Wildman–Crippen MR) is 75.6 cm³/mol. The first kappa shape index (κ1) is 14.9. The van der Waals surface area contributed by atoms with Crippen molar-refractivity contribution in [3.63, 3.8) is 0 Å². The van der Waals surface area contributed by atoms with E-state index < -0.39 is 8.32 Å². The Hall–Kier alpha value is -0.123. The van der Waals surface area contributed by atoms with Crippen LogP contribution in [0.5, 0.6) is 0 Å². The van der Waals surface area contributed by atoms with Crippen molar-refractivity contribution in [3.8, 4) is 0 Å². The van der Waals surface area contributed by atoms with Gasteiger partial charge in [-0.25, -0.2) is 0 Å². The zero-order valence-electron chi connectivity index (χ0n) is 12.0. The van der Waals surface area contributed by atoms with E-state index in [1.807, 2.05) is 6.08 Å². The third-order valence-electron chi connectivity index (χ3n) is 4.35. The molecule has 3 atom stereocenters. The maximum absolute atomic E-state index is 9.98. The van der Waals surface area contributed by atoms with E-state index >= 15 is 0 Å². The first-order chi connectivity index (χ1) is 7.67. The van der Waals surface area contributed by atoms with Crippen molar-refractivity contribution in [2.24, 2.45) is 5.92 Å². The first-order valence-corrected chi connectivity index (χ1v) is 9.55. The van der Waals surface area contributed by atoms with Gasteiger partial charge in [0, 0.05) is 6.10 Å². The summed E-state index contributed by atoms with van der Waals surface area (Å²) in [6, 6.07) is 0. The lowest BCUT2D eigenvalue weighted by molar-refractivity contribution is 0.122. The van der Waals surface area contributed by atoms with Gasteiger partial charge in [-0.1, -0.05) is 26.8 Å². The topological polar surface area (TPSA) is 29.5 Å². The summed E-state index contributed by atoms with van der Waals surface area (Å²) in [6.45, 7) is 15.1. The predicted octanol–water partition coefficient (Wildman–Crippen LogP) is 3.72. The fraction of sp³-hybridized carbons (Fsp3) is 0.857. The van der Waals surface area contributed by atoms with Gasteiger partial charge in [-0.2, -0.15) is 0 Å². The lowest BCUT2D eigenvalue weighted by atomic mass is 10.0. The van der Waals surface area contributed by atoms with Gasteiger partial charge in [0.1, 0.15) is 0 Å². The highest BCUT2D eigenvalue weighted by molar-refractivity contribution is 6.74. The average molecular weight is 256 g/mol. The zero-order valence-corrected chi connectivity index (χ0v) is 13.0. The minimum absolute atomic E-state index is 0.206. The van der Waals surface area contributed by atoms with Gasteiger partial charge in [0.25, 0.3) is 0 Å². The largest absolute Gasteiger partial charge is 0.414 e. The number of allylic oxidation sites excluding steroid dienone is 1. The second kappa shape index (κ2) is 5.25. The Morgan fingerprint density at radius 2 is 1.94 bits per heavy atom. The molecule has 2 nitrogen and oxygen atoms in total. The molecule has 1 unspecified atom stereocenters. The minimum Gasteiger partial charge on any atom is -0.414 e. The summed E-state index contributed by atoms with van der Waals surface area (Å²) in [4.78, 5) is 0.